The number of hydrogen-bond acceptors (Lipinski definition) is 2. The molecule has 0 saturated carbocycles. The van der Waals surface area contributed by atoms with Gasteiger partial charge in [-0.3, -0.25) is 0 Å². The van der Waals surface area contributed by atoms with Crippen LogP contribution in [0.25, 0.3) is 5.69 Å². The fourth-order valence-electron chi connectivity index (χ4n) is 1.41. The molecular weight excluding hydrogens is 198 g/mol. The number of aryl methyl sites for hydroxylation is 2. The highest BCUT2D eigenvalue weighted by atomic mass is 15.3. The second kappa shape index (κ2) is 5.35. The summed E-state index contributed by atoms with van der Waals surface area (Å²) in [6.07, 6.45) is 0. The molecule has 0 amide bonds. The van der Waals surface area contributed by atoms with E-state index in [9.17, 15) is 0 Å². The first-order valence-corrected chi connectivity index (χ1v) is 5.56. The second-order valence-corrected chi connectivity index (χ2v) is 3.46. The highest BCUT2D eigenvalue weighted by molar-refractivity contribution is 5.43. The van der Waals surface area contributed by atoms with Crippen molar-refractivity contribution in [1.82, 2.24) is 9.78 Å². The molecule has 2 rings (SSSR count). The Labute approximate surface area is 96.9 Å². The summed E-state index contributed by atoms with van der Waals surface area (Å²) in [5.74, 6) is 0.673. The Morgan fingerprint density at radius 1 is 1.06 bits per heavy atom. The molecular formula is C13H19N3. The van der Waals surface area contributed by atoms with Gasteiger partial charge in [0.25, 0.3) is 0 Å². The number of anilines is 1. The van der Waals surface area contributed by atoms with Crippen molar-refractivity contribution in [1.29, 1.82) is 0 Å². The van der Waals surface area contributed by atoms with Crippen LogP contribution in [0, 0.1) is 13.8 Å². The van der Waals surface area contributed by atoms with Crippen molar-refractivity contribution in [2.75, 3.05) is 5.73 Å². The van der Waals surface area contributed by atoms with Gasteiger partial charge in [-0.1, -0.05) is 31.5 Å². The van der Waals surface area contributed by atoms with Crippen LogP contribution in [0.4, 0.5) is 5.82 Å². The van der Waals surface area contributed by atoms with E-state index in [4.69, 9.17) is 5.73 Å². The number of nitrogens with two attached hydrogens (primary N) is 1. The molecule has 86 valence electrons. The number of aromatic nitrogens is 2. The highest BCUT2D eigenvalue weighted by Crippen LogP contribution is 2.14. The first-order valence-electron chi connectivity index (χ1n) is 5.56. The SMILES string of the molecule is CC.Cc1ccc(-n2nc(C)cc2N)cc1. The van der Waals surface area contributed by atoms with Gasteiger partial charge >= 0.3 is 0 Å². The summed E-state index contributed by atoms with van der Waals surface area (Å²) in [4.78, 5) is 0. The third kappa shape index (κ3) is 2.63. The lowest BCUT2D eigenvalue weighted by atomic mass is 10.2. The third-order valence-electron chi connectivity index (χ3n) is 2.14. The summed E-state index contributed by atoms with van der Waals surface area (Å²) in [5.41, 5.74) is 8.98. The van der Waals surface area contributed by atoms with Gasteiger partial charge in [-0.25, -0.2) is 4.68 Å². The Bertz CT molecular complexity index is 441. The van der Waals surface area contributed by atoms with Crippen LogP contribution in [0.1, 0.15) is 25.1 Å². The van der Waals surface area contributed by atoms with E-state index in [0.717, 1.165) is 11.4 Å². The maximum Gasteiger partial charge on any atom is 0.127 e. The van der Waals surface area contributed by atoms with E-state index >= 15 is 0 Å². The van der Waals surface area contributed by atoms with E-state index in [1.165, 1.54) is 5.56 Å². The van der Waals surface area contributed by atoms with Gasteiger partial charge in [0.1, 0.15) is 5.82 Å². The number of rotatable bonds is 1. The molecule has 0 aliphatic heterocycles. The molecule has 0 radical (unpaired) electrons. The summed E-state index contributed by atoms with van der Waals surface area (Å²) >= 11 is 0. The molecule has 0 aliphatic carbocycles. The molecule has 1 aromatic heterocycles. The number of benzene rings is 1. The maximum atomic E-state index is 5.81. The molecule has 0 aliphatic rings. The van der Waals surface area contributed by atoms with E-state index in [1.807, 2.05) is 51.1 Å². The van der Waals surface area contributed by atoms with Gasteiger partial charge in [-0.15, -0.1) is 0 Å². The maximum absolute atomic E-state index is 5.81. The zero-order chi connectivity index (χ0) is 12.1. The lowest BCUT2D eigenvalue weighted by Gasteiger charge is -2.03. The molecule has 0 fully saturated rings. The molecule has 0 spiro atoms. The molecule has 0 unspecified atom stereocenters. The standard InChI is InChI=1S/C11H13N3.C2H6/c1-8-3-5-10(6-4-8)14-11(12)7-9(2)13-14;1-2/h3-7H,12H2,1-2H3;1-2H3. The lowest BCUT2D eigenvalue weighted by molar-refractivity contribution is 0.871. The minimum atomic E-state index is 0.673. The van der Waals surface area contributed by atoms with E-state index in [1.54, 1.807) is 4.68 Å². The largest absolute Gasteiger partial charge is 0.384 e. The number of hydrogen-bond donors (Lipinski definition) is 1. The topological polar surface area (TPSA) is 43.8 Å². The van der Waals surface area contributed by atoms with E-state index in [0.29, 0.717) is 5.82 Å². The molecule has 0 bridgehead atoms. The predicted octanol–water partition coefficient (Wildman–Crippen LogP) is 3.10. The van der Waals surface area contributed by atoms with Crippen molar-refractivity contribution < 1.29 is 0 Å². The molecule has 0 saturated heterocycles. The van der Waals surface area contributed by atoms with Crippen LogP contribution in [0.15, 0.2) is 30.3 Å². The van der Waals surface area contributed by atoms with Crippen molar-refractivity contribution in [2.24, 2.45) is 0 Å². The van der Waals surface area contributed by atoms with Crippen LogP contribution in [0.2, 0.25) is 0 Å². The van der Waals surface area contributed by atoms with E-state index < -0.39 is 0 Å². The minimum absolute atomic E-state index is 0.673. The molecule has 3 heteroatoms. The fraction of sp³-hybridized carbons (Fsp3) is 0.308. The lowest BCUT2D eigenvalue weighted by Crippen LogP contribution is -2.01. The number of nitrogen functional groups attached to an aromatic ring is 1. The quantitative estimate of drug-likeness (QED) is 0.797. The zero-order valence-corrected chi connectivity index (χ0v) is 10.4. The fourth-order valence-corrected chi connectivity index (χ4v) is 1.41. The van der Waals surface area contributed by atoms with Gasteiger partial charge in [0, 0.05) is 6.07 Å². The van der Waals surface area contributed by atoms with Crippen LogP contribution < -0.4 is 5.73 Å². The minimum Gasteiger partial charge on any atom is -0.384 e. The zero-order valence-electron chi connectivity index (χ0n) is 10.4. The highest BCUT2D eigenvalue weighted by Gasteiger charge is 2.02. The van der Waals surface area contributed by atoms with Gasteiger partial charge in [0.05, 0.1) is 11.4 Å². The monoisotopic (exact) mass is 217 g/mol. The predicted molar refractivity (Wildman–Crippen MR) is 68.8 cm³/mol. The first-order chi connectivity index (χ1) is 7.66. The second-order valence-electron chi connectivity index (χ2n) is 3.46. The average Bonchev–Trinajstić information content (AvgIpc) is 2.62. The van der Waals surface area contributed by atoms with Gasteiger partial charge in [0.15, 0.2) is 0 Å². The van der Waals surface area contributed by atoms with E-state index in [-0.39, 0.29) is 0 Å². The van der Waals surface area contributed by atoms with Crippen LogP contribution in [-0.2, 0) is 0 Å². The van der Waals surface area contributed by atoms with Crippen molar-refractivity contribution >= 4 is 5.82 Å². The molecule has 3 nitrogen and oxygen atoms in total. The van der Waals surface area contributed by atoms with Crippen molar-refractivity contribution in [3.63, 3.8) is 0 Å². The van der Waals surface area contributed by atoms with Gasteiger partial charge in [-0.2, -0.15) is 5.10 Å². The Kier molecular flexibility index (Phi) is 4.11. The van der Waals surface area contributed by atoms with Crippen LogP contribution in [0.3, 0.4) is 0 Å². The molecule has 2 N–H and O–H groups in total. The van der Waals surface area contributed by atoms with Crippen molar-refractivity contribution in [3.05, 3.63) is 41.6 Å². The third-order valence-corrected chi connectivity index (χ3v) is 2.14. The van der Waals surface area contributed by atoms with Gasteiger partial charge in [0.2, 0.25) is 0 Å². The molecule has 1 aromatic carbocycles. The van der Waals surface area contributed by atoms with Gasteiger partial charge < -0.3 is 5.73 Å². The Morgan fingerprint density at radius 2 is 1.62 bits per heavy atom. The number of nitrogens with zero attached hydrogens (tertiary/aromatic N) is 2. The molecule has 2 aromatic rings. The summed E-state index contributed by atoms with van der Waals surface area (Å²) in [6.45, 7) is 7.99. The molecule has 16 heavy (non-hydrogen) atoms. The first kappa shape index (κ1) is 12.3. The van der Waals surface area contributed by atoms with Crippen molar-refractivity contribution in [2.45, 2.75) is 27.7 Å². The summed E-state index contributed by atoms with van der Waals surface area (Å²) in [7, 11) is 0. The smallest absolute Gasteiger partial charge is 0.127 e. The molecule has 1 heterocycles. The van der Waals surface area contributed by atoms with Gasteiger partial charge in [-0.05, 0) is 26.0 Å². The Balaban J connectivity index is 0.000000606. The van der Waals surface area contributed by atoms with Crippen molar-refractivity contribution in [3.8, 4) is 5.69 Å². The van der Waals surface area contributed by atoms with E-state index in [2.05, 4.69) is 12.0 Å². The van der Waals surface area contributed by atoms with Crippen LogP contribution in [-0.4, -0.2) is 9.78 Å². The average molecular weight is 217 g/mol. The summed E-state index contributed by atoms with van der Waals surface area (Å²) in [5, 5.41) is 4.30. The summed E-state index contributed by atoms with van der Waals surface area (Å²) in [6, 6.07) is 9.98. The van der Waals surface area contributed by atoms with Crippen LogP contribution >= 0.6 is 0 Å². The molecule has 0 atom stereocenters. The summed E-state index contributed by atoms with van der Waals surface area (Å²) < 4.78 is 1.74. The normalized spacial score (nSPS) is 9.50. The Morgan fingerprint density at radius 3 is 2.06 bits per heavy atom. The van der Waals surface area contributed by atoms with Crippen LogP contribution in [0.5, 0.6) is 0 Å². The Hall–Kier alpha value is -1.77.